The molecule has 4 aromatic rings. The Bertz CT molecular complexity index is 1790. The molecule has 6 nitrogen and oxygen atoms in total. The van der Waals surface area contributed by atoms with Crippen molar-refractivity contribution in [3.63, 3.8) is 0 Å². The van der Waals surface area contributed by atoms with E-state index in [9.17, 15) is 9.59 Å². The minimum Gasteiger partial charge on any atom is -0.369 e. The molecule has 2 amide bonds. The summed E-state index contributed by atoms with van der Waals surface area (Å²) in [5, 5.41) is 3.09. The van der Waals surface area contributed by atoms with Gasteiger partial charge in [-0.05, 0) is 105 Å². The summed E-state index contributed by atoms with van der Waals surface area (Å²) in [6.07, 6.45) is 2.85. The monoisotopic (exact) mass is 644 g/mol. The van der Waals surface area contributed by atoms with Crippen molar-refractivity contribution in [3.8, 4) is 0 Å². The highest BCUT2D eigenvalue weighted by atomic mass is 32.2. The summed E-state index contributed by atoms with van der Waals surface area (Å²) in [5.41, 5.74) is 9.93. The number of benzene rings is 4. The van der Waals surface area contributed by atoms with Crippen LogP contribution >= 0.6 is 11.8 Å². The molecular weight excluding hydrogens is 601 g/mol. The van der Waals surface area contributed by atoms with Crippen molar-refractivity contribution in [2.24, 2.45) is 0 Å². The number of nitrogens with zero attached hydrogens (tertiary/aromatic N) is 3. The number of piperazine rings is 1. The molecule has 1 N–H and O–H groups in total. The second-order valence-corrected chi connectivity index (χ2v) is 13.8. The SMILES string of the molecule is Cc1ccc(C)c(CN2C(=O)/C(=C/c3ccc(C(=O)NCCCN4CCN(c5cc(C)ccc5C)CC4)cc3)Sc3ccccc32)c1. The van der Waals surface area contributed by atoms with E-state index in [0.717, 1.165) is 60.9 Å². The molecule has 2 aliphatic rings. The Morgan fingerprint density at radius 2 is 1.51 bits per heavy atom. The predicted octanol–water partition coefficient (Wildman–Crippen LogP) is 7.54. The molecule has 0 unspecified atom stereocenters. The number of aryl methyl sites for hydroxylation is 4. The maximum absolute atomic E-state index is 13.8. The Hall–Kier alpha value is -4.33. The zero-order valence-electron chi connectivity index (χ0n) is 27.9. The Morgan fingerprint density at radius 1 is 0.809 bits per heavy atom. The molecule has 1 saturated heterocycles. The van der Waals surface area contributed by atoms with Gasteiger partial charge in [0.15, 0.2) is 0 Å². The van der Waals surface area contributed by atoms with Gasteiger partial charge in [-0.1, -0.05) is 71.9 Å². The summed E-state index contributed by atoms with van der Waals surface area (Å²) in [6, 6.07) is 28.6. The molecule has 7 heteroatoms. The number of rotatable bonds is 9. The van der Waals surface area contributed by atoms with Crippen LogP contribution in [-0.2, 0) is 11.3 Å². The number of hydrogen-bond acceptors (Lipinski definition) is 5. The summed E-state index contributed by atoms with van der Waals surface area (Å²) in [5.74, 6) is -0.0798. The largest absolute Gasteiger partial charge is 0.369 e. The van der Waals surface area contributed by atoms with E-state index in [1.807, 2.05) is 53.4 Å². The first kappa shape index (κ1) is 32.6. The van der Waals surface area contributed by atoms with E-state index < -0.39 is 0 Å². The normalized spacial score (nSPS) is 16.0. The van der Waals surface area contributed by atoms with Crippen LogP contribution in [0.5, 0.6) is 0 Å². The highest BCUT2D eigenvalue weighted by Gasteiger charge is 2.29. The molecule has 1 fully saturated rings. The standard InChI is InChI=1S/C40H44N4O2S/c1-28-10-12-30(3)34(24-28)27-44-35-8-5-6-9-37(35)47-38(40(44)46)26-32-14-16-33(17-15-32)39(45)41-18-7-19-42-20-22-43(23-21-42)36-25-29(2)11-13-31(36)4/h5-6,8-17,24-26H,7,18-23,27H2,1-4H3,(H,41,45)/b38-26-. The van der Waals surface area contributed by atoms with Gasteiger partial charge in [-0.25, -0.2) is 0 Å². The van der Waals surface area contributed by atoms with Crippen molar-refractivity contribution >= 4 is 41.0 Å². The van der Waals surface area contributed by atoms with Crippen molar-refractivity contribution in [1.29, 1.82) is 0 Å². The molecule has 0 atom stereocenters. The van der Waals surface area contributed by atoms with Crippen LogP contribution in [0.1, 0.15) is 50.2 Å². The lowest BCUT2D eigenvalue weighted by molar-refractivity contribution is -0.114. The lowest BCUT2D eigenvalue weighted by Gasteiger charge is -2.37. The van der Waals surface area contributed by atoms with Crippen LogP contribution in [0.15, 0.2) is 94.7 Å². The number of para-hydroxylation sites is 1. The maximum Gasteiger partial charge on any atom is 0.265 e. The van der Waals surface area contributed by atoms with Crippen molar-refractivity contribution in [1.82, 2.24) is 10.2 Å². The average Bonchev–Trinajstić information content (AvgIpc) is 3.08. The molecule has 0 saturated carbocycles. The summed E-state index contributed by atoms with van der Waals surface area (Å²) in [6.45, 7) is 14.8. The topological polar surface area (TPSA) is 55.9 Å². The first-order valence-electron chi connectivity index (χ1n) is 16.5. The van der Waals surface area contributed by atoms with Gasteiger partial charge < -0.3 is 15.1 Å². The first-order valence-corrected chi connectivity index (χ1v) is 17.4. The molecular formula is C40H44N4O2S. The molecule has 4 aromatic carbocycles. The van der Waals surface area contributed by atoms with Crippen LogP contribution in [0, 0.1) is 27.7 Å². The van der Waals surface area contributed by atoms with E-state index in [-0.39, 0.29) is 11.8 Å². The molecule has 47 heavy (non-hydrogen) atoms. The Balaban J connectivity index is 1.02. The van der Waals surface area contributed by atoms with Gasteiger partial charge in [0.2, 0.25) is 0 Å². The van der Waals surface area contributed by atoms with Gasteiger partial charge in [0.1, 0.15) is 0 Å². The van der Waals surface area contributed by atoms with E-state index >= 15 is 0 Å². The van der Waals surface area contributed by atoms with Crippen LogP contribution in [0.25, 0.3) is 6.08 Å². The van der Waals surface area contributed by atoms with Gasteiger partial charge in [0.25, 0.3) is 11.8 Å². The highest BCUT2D eigenvalue weighted by Crippen LogP contribution is 2.42. The maximum atomic E-state index is 13.8. The summed E-state index contributed by atoms with van der Waals surface area (Å²) < 4.78 is 0. The molecule has 0 bridgehead atoms. The number of hydrogen-bond donors (Lipinski definition) is 1. The molecule has 2 heterocycles. The number of carbonyl (C=O) groups excluding carboxylic acids is 2. The Morgan fingerprint density at radius 3 is 2.28 bits per heavy atom. The van der Waals surface area contributed by atoms with Crippen molar-refractivity contribution in [2.45, 2.75) is 45.6 Å². The van der Waals surface area contributed by atoms with Crippen LogP contribution in [0.4, 0.5) is 11.4 Å². The third kappa shape index (κ3) is 7.80. The van der Waals surface area contributed by atoms with E-state index in [4.69, 9.17) is 0 Å². The summed E-state index contributed by atoms with van der Waals surface area (Å²) >= 11 is 1.50. The fourth-order valence-corrected chi connectivity index (χ4v) is 7.38. The second kappa shape index (κ2) is 14.6. The molecule has 0 spiro atoms. The van der Waals surface area contributed by atoms with E-state index in [1.54, 1.807) is 0 Å². The van der Waals surface area contributed by atoms with E-state index in [0.29, 0.717) is 23.6 Å². The first-order chi connectivity index (χ1) is 22.7. The fraction of sp³-hybridized carbons (Fsp3) is 0.300. The molecule has 0 aliphatic carbocycles. The fourth-order valence-electron chi connectivity index (χ4n) is 6.32. The summed E-state index contributed by atoms with van der Waals surface area (Å²) in [7, 11) is 0. The van der Waals surface area contributed by atoms with Crippen molar-refractivity contribution in [3.05, 3.63) is 129 Å². The van der Waals surface area contributed by atoms with Crippen LogP contribution in [-0.4, -0.2) is 56.0 Å². The lowest BCUT2D eigenvalue weighted by Crippen LogP contribution is -2.47. The molecule has 242 valence electrons. The zero-order chi connectivity index (χ0) is 32.9. The zero-order valence-corrected chi connectivity index (χ0v) is 28.7. The molecule has 2 aliphatic heterocycles. The van der Waals surface area contributed by atoms with Crippen molar-refractivity contribution in [2.75, 3.05) is 49.1 Å². The third-order valence-corrected chi connectivity index (χ3v) is 10.2. The van der Waals surface area contributed by atoms with E-state index in [1.165, 1.54) is 39.7 Å². The van der Waals surface area contributed by atoms with Gasteiger partial charge in [0.05, 0.1) is 17.1 Å². The van der Waals surface area contributed by atoms with Crippen LogP contribution < -0.4 is 15.1 Å². The van der Waals surface area contributed by atoms with Crippen molar-refractivity contribution < 1.29 is 9.59 Å². The quantitative estimate of drug-likeness (QED) is 0.151. The predicted molar refractivity (Wildman–Crippen MR) is 195 cm³/mol. The Kier molecular flexibility index (Phi) is 10.1. The van der Waals surface area contributed by atoms with Crippen LogP contribution in [0.3, 0.4) is 0 Å². The number of carbonyl (C=O) groups is 2. The van der Waals surface area contributed by atoms with Gasteiger partial charge in [-0.3, -0.25) is 14.5 Å². The molecule has 0 radical (unpaired) electrons. The molecule has 6 rings (SSSR count). The number of amides is 2. The van der Waals surface area contributed by atoms with E-state index in [2.05, 4.69) is 85.3 Å². The van der Waals surface area contributed by atoms with Gasteiger partial charge >= 0.3 is 0 Å². The average molecular weight is 645 g/mol. The second-order valence-electron chi connectivity index (χ2n) is 12.7. The van der Waals surface area contributed by atoms with Gasteiger partial charge in [-0.2, -0.15) is 0 Å². The Labute approximate surface area is 283 Å². The lowest BCUT2D eigenvalue weighted by atomic mass is 10.0. The minimum atomic E-state index is -0.0688. The highest BCUT2D eigenvalue weighted by molar-refractivity contribution is 8.04. The summed E-state index contributed by atoms with van der Waals surface area (Å²) in [4.78, 5) is 35.3. The van der Waals surface area contributed by atoms with Gasteiger partial charge in [0, 0.05) is 48.9 Å². The number of nitrogens with one attached hydrogen (secondary N) is 1. The minimum absolute atomic E-state index is 0.0110. The molecule has 0 aromatic heterocycles. The number of anilines is 2. The number of fused-ring (bicyclic) bond motifs is 1. The van der Waals surface area contributed by atoms with Crippen LogP contribution in [0.2, 0.25) is 0 Å². The number of thioether (sulfide) groups is 1. The van der Waals surface area contributed by atoms with Gasteiger partial charge in [-0.15, -0.1) is 0 Å². The smallest absolute Gasteiger partial charge is 0.265 e. The third-order valence-electron chi connectivity index (χ3n) is 9.15.